The van der Waals surface area contributed by atoms with Crippen molar-refractivity contribution < 1.29 is 29.0 Å². The molecule has 2 N–H and O–H groups in total. The molecule has 2 aromatic carbocycles. The van der Waals surface area contributed by atoms with E-state index in [1.54, 1.807) is 42.5 Å². The lowest BCUT2D eigenvalue weighted by Crippen LogP contribution is -2.54. The molecule has 164 valence electrons. The number of carbonyl (C=O) groups excluding carboxylic acids is 3. The molecule has 0 atom stereocenters. The van der Waals surface area contributed by atoms with Crippen LogP contribution in [0.5, 0.6) is 5.75 Å². The number of nitrogens with zero attached hydrogens (tertiary/aromatic N) is 1. The second-order valence-electron chi connectivity index (χ2n) is 7.27. The van der Waals surface area contributed by atoms with Crippen molar-refractivity contribution in [1.82, 2.24) is 5.32 Å². The maximum absolute atomic E-state index is 13.1. The third-order valence-electron chi connectivity index (χ3n) is 4.96. The highest BCUT2D eigenvalue weighted by molar-refractivity contribution is 6.39. The van der Waals surface area contributed by atoms with E-state index in [0.717, 1.165) is 16.0 Å². The molecule has 0 spiro atoms. The lowest BCUT2D eigenvalue weighted by molar-refractivity contribution is -0.139. The van der Waals surface area contributed by atoms with E-state index < -0.39 is 30.4 Å². The monoisotopic (exact) mass is 434 g/mol. The Bertz CT molecular complexity index is 1170. The zero-order valence-electron chi connectivity index (χ0n) is 17.7. The summed E-state index contributed by atoms with van der Waals surface area (Å²) in [6.45, 7) is 6.95. The number of aliphatic carboxylic acids is 1. The predicted octanol–water partition coefficient (Wildman–Crippen LogP) is 3.16. The lowest BCUT2D eigenvalue weighted by Gasteiger charge is -2.27. The van der Waals surface area contributed by atoms with Gasteiger partial charge in [-0.15, -0.1) is 6.58 Å². The fourth-order valence-electron chi connectivity index (χ4n) is 3.21. The molecule has 1 heterocycles. The number of ether oxygens (including phenoxy) is 1. The first-order valence-corrected chi connectivity index (χ1v) is 9.78. The quantitative estimate of drug-likeness (QED) is 0.393. The van der Waals surface area contributed by atoms with Gasteiger partial charge in [-0.05, 0) is 72.9 Å². The fourth-order valence-corrected chi connectivity index (χ4v) is 3.21. The van der Waals surface area contributed by atoms with Gasteiger partial charge in [0.2, 0.25) is 0 Å². The number of barbiturate groups is 1. The Morgan fingerprint density at radius 1 is 1.12 bits per heavy atom. The number of hydrogen-bond donors (Lipinski definition) is 2. The molecule has 8 heteroatoms. The number of hydrogen-bond acceptors (Lipinski definition) is 5. The van der Waals surface area contributed by atoms with Gasteiger partial charge >= 0.3 is 12.0 Å². The minimum atomic E-state index is -1.11. The fraction of sp³-hybridized carbons (Fsp3) is 0.167. The van der Waals surface area contributed by atoms with Gasteiger partial charge in [-0.2, -0.15) is 0 Å². The van der Waals surface area contributed by atoms with Gasteiger partial charge in [-0.3, -0.25) is 14.9 Å². The molecule has 4 amide bonds. The van der Waals surface area contributed by atoms with E-state index >= 15 is 0 Å². The van der Waals surface area contributed by atoms with Crippen molar-refractivity contribution in [3.8, 4) is 5.75 Å². The first-order chi connectivity index (χ1) is 15.2. The second kappa shape index (κ2) is 9.30. The van der Waals surface area contributed by atoms with E-state index in [9.17, 15) is 19.2 Å². The van der Waals surface area contributed by atoms with Crippen LogP contribution in [0.25, 0.3) is 6.08 Å². The Labute approximate surface area is 184 Å². The molecule has 0 radical (unpaired) electrons. The average Bonchev–Trinajstić information content (AvgIpc) is 2.73. The highest BCUT2D eigenvalue weighted by Gasteiger charge is 2.36. The molecule has 1 saturated heterocycles. The molecule has 0 unspecified atom stereocenters. The van der Waals surface area contributed by atoms with Crippen LogP contribution < -0.4 is 15.0 Å². The molecule has 2 aromatic rings. The third-order valence-corrected chi connectivity index (χ3v) is 4.96. The summed E-state index contributed by atoms with van der Waals surface area (Å²) < 4.78 is 5.28. The number of nitrogens with one attached hydrogen (secondary N) is 1. The Morgan fingerprint density at radius 3 is 2.53 bits per heavy atom. The van der Waals surface area contributed by atoms with Crippen molar-refractivity contribution >= 4 is 35.6 Å². The van der Waals surface area contributed by atoms with E-state index in [4.69, 9.17) is 9.84 Å². The summed E-state index contributed by atoms with van der Waals surface area (Å²) in [6.07, 6.45) is 3.39. The molecule has 0 bridgehead atoms. The van der Waals surface area contributed by atoms with E-state index in [1.165, 1.54) is 6.08 Å². The topological polar surface area (TPSA) is 113 Å². The minimum absolute atomic E-state index is 0.202. The number of aryl methyl sites for hydroxylation is 2. The number of allylic oxidation sites excluding steroid dienone is 1. The Kier molecular flexibility index (Phi) is 6.53. The summed E-state index contributed by atoms with van der Waals surface area (Å²) in [6, 6.07) is 9.15. The number of carbonyl (C=O) groups is 4. The van der Waals surface area contributed by atoms with Crippen molar-refractivity contribution in [2.24, 2.45) is 0 Å². The Balaban J connectivity index is 1.97. The van der Waals surface area contributed by atoms with E-state index in [-0.39, 0.29) is 5.57 Å². The molecule has 0 aliphatic carbocycles. The van der Waals surface area contributed by atoms with Gasteiger partial charge in [0, 0.05) is 0 Å². The van der Waals surface area contributed by atoms with Crippen molar-refractivity contribution in [2.75, 3.05) is 11.5 Å². The molecule has 8 nitrogen and oxygen atoms in total. The lowest BCUT2D eigenvalue weighted by atomic mass is 10.0. The molecule has 0 saturated carbocycles. The summed E-state index contributed by atoms with van der Waals surface area (Å²) in [7, 11) is 0. The van der Waals surface area contributed by atoms with Crippen LogP contribution >= 0.6 is 0 Å². The molecule has 32 heavy (non-hydrogen) atoms. The van der Waals surface area contributed by atoms with Gasteiger partial charge in [0.15, 0.2) is 6.61 Å². The van der Waals surface area contributed by atoms with Crippen molar-refractivity contribution in [2.45, 2.75) is 20.3 Å². The first kappa shape index (κ1) is 22.5. The van der Waals surface area contributed by atoms with E-state index in [1.807, 2.05) is 13.8 Å². The van der Waals surface area contributed by atoms with Crippen molar-refractivity contribution in [3.63, 3.8) is 0 Å². The number of rotatable bonds is 7. The summed E-state index contributed by atoms with van der Waals surface area (Å²) in [5.41, 5.74) is 3.21. The number of anilines is 1. The number of carboxylic acids is 1. The summed E-state index contributed by atoms with van der Waals surface area (Å²) >= 11 is 0. The van der Waals surface area contributed by atoms with Crippen LogP contribution in [0.1, 0.15) is 22.3 Å². The molecule has 0 aromatic heterocycles. The zero-order chi connectivity index (χ0) is 23.4. The first-order valence-electron chi connectivity index (χ1n) is 9.78. The maximum Gasteiger partial charge on any atom is 0.341 e. The van der Waals surface area contributed by atoms with E-state index in [2.05, 4.69) is 11.9 Å². The molecule has 1 aliphatic heterocycles. The van der Waals surface area contributed by atoms with Crippen LogP contribution in [0.4, 0.5) is 10.5 Å². The van der Waals surface area contributed by atoms with Gasteiger partial charge in [0.25, 0.3) is 11.8 Å². The number of imide groups is 2. The van der Waals surface area contributed by atoms with Gasteiger partial charge in [0.1, 0.15) is 11.3 Å². The zero-order valence-corrected chi connectivity index (χ0v) is 17.7. The maximum atomic E-state index is 13.1. The smallest absolute Gasteiger partial charge is 0.341 e. The standard InChI is InChI=1S/C24H22N2O6/c1-4-5-17-11-16(7-9-20(17)32-13-21(27)28)12-19-22(29)25-24(31)26(23(19)30)18-8-6-14(2)15(3)10-18/h4,6-12H,1,5,13H2,2-3H3,(H,27,28)(H,25,29,31)/b19-12+. The van der Waals surface area contributed by atoms with Crippen LogP contribution in [-0.2, 0) is 20.8 Å². The van der Waals surface area contributed by atoms with Crippen LogP contribution in [0, 0.1) is 13.8 Å². The number of benzene rings is 2. The van der Waals surface area contributed by atoms with Crippen molar-refractivity contribution in [1.29, 1.82) is 0 Å². The Morgan fingerprint density at radius 2 is 1.88 bits per heavy atom. The number of carboxylic acid groups (broad SMARTS) is 1. The van der Waals surface area contributed by atoms with Crippen LogP contribution in [0.3, 0.4) is 0 Å². The number of amides is 4. The normalized spacial score (nSPS) is 15.0. The minimum Gasteiger partial charge on any atom is -0.482 e. The van der Waals surface area contributed by atoms with E-state index in [0.29, 0.717) is 29.0 Å². The highest BCUT2D eigenvalue weighted by atomic mass is 16.5. The number of urea groups is 1. The second-order valence-corrected chi connectivity index (χ2v) is 7.27. The average molecular weight is 434 g/mol. The van der Waals surface area contributed by atoms with Gasteiger partial charge in [-0.25, -0.2) is 14.5 Å². The molecule has 1 fully saturated rings. The van der Waals surface area contributed by atoms with Gasteiger partial charge < -0.3 is 9.84 Å². The summed E-state index contributed by atoms with van der Waals surface area (Å²) in [4.78, 5) is 49.6. The largest absolute Gasteiger partial charge is 0.482 e. The summed E-state index contributed by atoms with van der Waals surface area (Å²) in [5, 5.41) is 11.0. The molecule has 3 rings (SSSR count). The molecular formula is C24H22N2O6. The van der Waals surface area contributed by atoms with Crippen molar-refractivity contribution in [3.05, 3.63) is 76.9 Å². The van der Waals surface area contributed by atoms with Gasteiger partial charge in [0.05, 0.1) is 5.69 Å². The predicted molar refractivity (Wildman–Crippen MR) is 118 cm³/mol. The molecule has 1 aliphatic rings. The van der Waals surface area contributed by atoms with Gasteiger partial charge in [-0.1, -0.05) is 18.2 Å². The Hall–Kier alpha value is -4.20. The van der Waals surface area contributed by atoms with Crippen LogP contribution in [0.15, 0.2) is 54.6 Å². The highest BCUT2D eigenvalue weighted by Crippen LogP contribution is 2.26. The van der Waals surface area contributed by atoms with Crippen LogP contribution in [-0.4, -0.2) is 35.5 Å². The van der Waals surface area contributed by atoms with Crippen LogP contribution in [0.2, 0.25) is 0 Å². The third kappa shape index (κ3) is 4.75. The SMILES string of the molecule is C=CCc1cc(/C=C2\C(=O)NC(=O)N(c3ccc(C)c(C)c3)C2=O)ccc1OCC(=O)O. The summed E-state index contributed by atoms with van der Waals surface area (Å²) in [5.74, 6) is -2.28. The molecular weight excluding hydrogens is 412 g/mol.